The molecule has 7 heteroatoms. The Morgan fingerprint density at radius 2 is 2.00 bits per heavy atom. The van der Waals surface area contributed by atoms with Gasteiger partial charge in [-0.25, -0.2) is 9.18 Å². The second-order valence-electron chi connectivity index (χ2n) is 4.21. The molecule has 0 fully saturated rings. The van der Waals surface area contributed by atoms with E-state index in [0.717, 1.165) is 0 Å². The summed E-state index contributed by atoms with van der Waals surface area (Å²) >= 11 is 1.94. The van der Waals surface area contributed by atoms with Crippen molar-refractivity contribution in [2.45, 2.75) is 6.61 Å². The van der Waals surface area contributed by atoms with Gasteiger partial charge in [-0.15, -0.1) is 0 Å². The maximum atomic E-state index is 13.0. The Labute approximate surface area is 133 Å². The van der Waals surface area contributed by atoms with Crippen molar-refractivity contribution in [3.05, 3.63) is 61.3 Å². The van der Waals surface area contributed by atoms with Gasteiger partial charge in [0.15, 0.2) is 0 Å². The van der Waals surface area contributed by atoms with Crippen molar-refractivity contribution < 1.29 is 19.0 Å². The number of carboxylic acid groups (broad SMARTS) is 1. The summed E-state index contributed by atoms with van der Waals surface area (Å²) in [7, 11) is 1.47. The maximum Gasteiger partial charge on any atom is 0.341 e. The Morgan fingerprint density at radius 1 is 1.38 bits per heavy atom. The average Bonchev–Trinajstić information content (AvgIpc) is 2.44. The molecule has 0 aliphatic heterocycles. The van der Waals surface area contributed by atoms with Crippen LogP contribution in [-0.4, -0.2) is 22.8 Å². The zero-order valence-corrected chi connectivity index (χ0v) is 13.1. The number of benzene rings is 1. The normalized spacial score (nSPS) is 10.6. The molecule has 21 heavy (non-hydrogen) atoms. The number of carbonyl (C=O) groups is 1. The molecular weight excluding hydrogens is 392 g/mol. The molecule has 2 aromatic rings. The van der Waals surface area contributed by atoms with Crippen molar-refractivity contribution in [3.8, 4) is 5.69 Å². The quantitative estimate of drug-likeness (QED) is 0.797. The number of pyridine rings is 1. The topological polar surface area (TPSA) is 68.5 Å². The molecule has 0 amide bonds. The van der Waals surface area contributed by atoms with Gasteiger partial charge in [-0.1, -0.05) is 0 Å². The van der Waals surface area contributed by atoms with Crippen molar-refractivity contribution in [1.29, 1.82) is 0 Å². The van der Waals surface area contributed by atoms with Gasteiger partial charge in [0.25, 0.3) is 5.56 Å². The molecule has 0 saturated heterocycles. The number of aromatic nitrogens is 1. The molecule has 0 aliphatic rings. The van der Waals surface area contributed by atoms with E-state index in [-0.39, 0.29) is 12.2 Å². The molecule has 0 aliphatic carbocycles. The van der Waals surface area contributed by atoms with Gasteiger partial charge in [0.1, 0.15) is 11.4 Å². The van der Waals surface area contributed by atoms with Crippen molar-refractivity contribution in [3.63, 3.8) is 0 Å². The van der Waals surface area contributed by atoms with Crippen molar-refractivity contribution in [2.75, 3.05) is 7.11 Å². The predicted octanol–water partition coefficient (Wildman–Crippen LogP) is 2.43. The summed E-state index contributed by atoms with van der Waals surface area (Å²) in [6.45, 7) is 0.130. The van der Waals surface area contributed by atoms with Crippen molar-refractivity contribution >= 4 is 28.6 Å². The number of carboxylic acids is 1. The first-order valence-corrected chi connectivity index (χ1v) is 6.96. The second-order valence-corrected chi connectivity index (χ2v) is 5.37. The van der Waals surface area contributed by atoms with Crippen LogP contribution in [0.5, 0.6) is 0 Å². The highest BCUT2D eigenvalue weighted by Crippen LogP contribution is 2.18. The van der Waals surface area contributed by atoms with Gasteiger partial charge in [0.05, 0.1) is 12.3 Å². The van der Waals surface area contributed by atoms with E-state index in [9.17, 15) is 14.0 Å². The van der Waals surface area contributed by atoms with E-state index >= 15 is 0 Å². The number of aromatic carboxylic acids is 1. The molecule has 0 spiro atoms. The highest BCUT2D eigenvalue weighted by molar-refractivity contribution is 14.1. The van der Waals surface area contributed by atoms with E-state index in [0.29, 0.717) is 15.0 Å². The third-order valence-corrected chi connectivity index (χ3v) is 3.78. The largest absolute Gasteiger partial charge is 0.477 e. The molecule has 1 aromatic carbocycles. The number of hydrogen-bond donors (Lipinski definition) is 1. The van der Waals surface area contributed by atoms with E-state index in [4.69, 9.17) is 9.84 Å². The minimum atomic E-state index is -1.31. The SMILES string of the molecule is COCc1c(I)cc(C(=O)O)c(=O)n1-c1ccc(F)cc1. The average molecular weight is 403 g/mol. The fraction of sp³-hybridized carbons (Fsp3) is 0.143. The zero-order chi connectivity index (χ0) is 15.6. The van der Waals surface area contributed by atoms with Gasteiger partial charge in [0, 0.05) is 16.4 Å². The van der Waals surface area contributed by atoms with Crippen molar-refractivity contribution in [1.82, 2.24) is 4.57 Å². The number of ether oxygens (including phenoxy) is 1. The molecule has 2 rings (SSSR count). The van der Waals surface area contributed by atoms with Gasteiger partial charge >= 0.3 is 5.97 Å². The number of methoxy groups -OCH3 is 1. The molecular formula is C14H11FINO4. The lowest BCUT2D eigenvalue weighted by molar-refractivity contribution is 0.0694. The number of rotatable bonds is 4. The van der Waals surface area contributed by atoms with Gasteiger partial charge in [-0.2, -0.15) is 0 Å². The first-order chi connectivity index (χ1) is 9.95. The third kappa shape index (κ3) is 3.13. The Kier molecular flexibility index (Phi) is 4.73. The zero-order valence-electron chi connectivity index (χ0n) is 11.0. The number of halogens is 2. The summed E-state index contributed by atoms with van der Waals surface area (Å²) in [5.41, 5.74) is -0.126. The fourth-order valence-electron chi connectivity index (χ4n) is 1.91. The maximum absolute atomic E-state index is 13.0. The van der Waals surface area contributed by atoms with Crippen LogP contribution in [0.3, 0.4) is 0 Å². The minimum Gasteiger partial charge on any atom is -0.477 e. The summed E-state index contributed by atoms with van der Waals surface area (Å²) in [5.74, 6) is -1.75. The second kappa shape index (κ2) is 6.35. The molecule has 110 valence electrons. The standard InChI is InChI=1S/C14H11FINO4/c1-21-7-12-11(16)6-10(14(19)20)13(18)17(12)9-4-2-8(15)3-5-9/h2-6H,7H2,1H3,(H,19,20). The Balaban J connectivity index is 2.79. The van der Waals surface area contributed by atoms with E-state index in [2.05, 4.69) is 0 Å². The molecule has 1 N–H and O–H groups in total. The lowest BCUT2D eigenvalue weighted by atomic mass is 10.2. The van der Waals surface area contributed by atoms with Crippen LogP contribution in [-0.2, 0) is 11.3 Å². The van der Waals surface area contributed by atoms with Gasteiger partial charge in [0.2, 0.25) is 0 Å². The molecule has 0 radical (unpaired) electrons. The van der Waals surface area contributed by atoms with Crippen LogP contribution in [0.2, 0.25) is 0 Å². The van der Waals surface area contributed by atoms with Crippen molar-refractivity contribution in [2.24, 2.45) is 0 Å². The van der Waals surface area contributed by atoms with Crippen LogP contribution < -0.4 is 5.56 Å². The van der Waals surface area contributed by atoms with Crippen LogP contribution in [0.4, 0.5) is 4.39 Å². The molecule has 1 aromatic heterocycles. The Bertz CT molecular complexity index is 740. The lowest BCUT2D eigenvalue weighted by Crippen LogP contribution is -2.29. The highest BCUT2D eigenvalue weighted by atomic mass is 127. The van der Waals surface area contributed by atoms with Crippen LogP contribution >= 0.6 is 22.6 Å². The molecule has 0 bridgehead atoms. The van der Waals surface area contributed by atoms with Gasteiger partial charge < -0.3 is 9.84 Å². The molecule has 1 heterocycles. The van der Waals surface area contributed by atoms with Crippen LogP contribution in [0.25, 0.3) is 5.69 Å². The van der Waals surface area contributed by atoms with Crippen LogP contribution in [0, 0.1) is 9.39 Å². The summed E-state index contributed by atoms with van der Waals surface area (Å²) in [6.07, 6.45) is 0. The molecule has 0 atom stereocenters. The number of nitrogens with zero attached hydrogens (tertiary/aromatic N) is 1. The molecule has 0 saturated carbocycles. The number of hydrogen-bond acceptors (Lipinski definition) is 3. The minimum absolute atomic E-state index is 0.130. The molecule has 0 unspecified atom stereocenters. The third-order valence-electron chi connectivity index (χ3n) is 2.85. The highest BCUT2D eigenvalue weighted by Gasteiger charge is 2.18. The van der Waals surface area contributed by atoms with E-state index in [1.54, 1.807) is 0 Å². The first kappa shape index (κ1) is 15.6. The lowest BCUT2D eigenvalue weighted by Gasteiger charge is -2.15. The predicted molar refractivity (Wildman–Crippen MR) is 82.4 cm³/mol. The smallest absolute Gasteiger partial charge is 0.341 e. The van der Waals surface area contributed by atoms with Gasteiger partial charge in [-0.05, 0) is 52.9 Å². The summed E-state index contributed by atoms with van der Waals surface area (Å²) < 4.78 is 19.9. The van der Waals surface area contributed by atoms with Crippen LogP contribution in [0.1, 0.15) is 16.1 Å². The van der Waals surface area contributed by atoms with E-state index < -0.39 is 17.3 Å². The Morgan fingerprint density at radius 3 is 2.52 bits per heavy atom. The monoisotopic (exact) mass is 403 g/mol. The van der Waals surface area contributed by atoms with E-state index in [1.807, 2.05) is 22.6 Å². The molecule has 5 nitrogen and oxygen atoms in total. The van der Waals surface area contributed by atoms with E-state index in [1.165, 1.54) is 42.0 Å². The first-order valence-electron chi connectivity index (χ1n) is 5.88. The Hall–Kier alpha value is -1.74. The summed E-state index contributed by atoms with van der Waals surface area (Å²) in [6, 6.07) is 6.55. The van der Waals surface area contributed by atoms with Gasteiger partial charge in [-0.3, -0.25) is 9.36 Å². The summed E-state index contributed by atoms with van der Waals surface area (Å²) in [5, 5.41) is 9.12. The summed E-state index contributed by atoms with van der Waals surface area (Å²) in [4.78, 5) is 23.5. The van der Waals surface area contributed by atoms with Crippen LogP contribution in [0.15, 0.2) is 35.1 Å². The fourth-order valence-corrected chi connectivity index (χ4v) is 2.62.